The van der Waals surface area contributed by atoms with Crippen LogP contribution in [0.15, 0.2) is 41.3 Å². The van der Waals surface area contributed by atoms with E-state index in [1.54, 1.807) is 12.1 Å². The molecule has 0 saturated heterocycles. The molecule has 0 unspecified atom stereocenters. The van der Waals surface area contributed by atoms with Gasteiger partial charge >= 0.3 is 0 Å². The van der Waals surface area contributed by atoms with E-state index >= 15 is 0 Å². The highest BCUT2D eigenvalue weighted by Crippen LogP contribution is 2.32. The fourth-order valence-electron chi connectivity index (χ4n) is 2.81. The number of benzene rings is 2. The van der Waals surface area contributed by atoms with Crippen molar-refractivity contribution in [3.63, 3.8) is 0 Å². The third-order valence-electron chi connectivity index (χ3n) is 4.39. The SMILES string of the molecule is CSc1ccc(C(C)(C)CCCc2ccc(C)cc2F)cc1F. The summed E-state index contributed by atoms with van der Waals surface area (Å²) in [5, 5.41) is 0. The van der Waals surface area contributed by atoms with E-state index in [4.69, 9.17) is 0 Å². The second kappa shape index (κ2) is 7.48. The molecule has 2 aromatic carbocycles. The van der Waals surface area contributed by atoms with Crippen LogP contribution in [0.5, 0.6) is 0 Å². The predicted molar refractivity (Wildman–Crippen MR) is 95.3 cm³/mol. The molecular weight excluding hydrogens is 310 g/mol. The fraction of sp³-hybridized carbons (Fsp3) is 0.400. The Morgan fingerprint density at radius 2 is 1.74 bits per heavy atom. The van der Waals surface area contributed by atoms with Gasteiger partial charge in [0.1, 0.15) is 11.6 Å². The second-order valence-corrected chi connectivity index (χ2v) is 7.53. The number of halogens is 2. The number of hydrogen-bond donors (Lipinski definition) is 0. The van der Waals surface area contributed by atoms with Crippen molar-refractivity contribution in [2.45, 2.75) is 50.3 Å². The van der Waals surface area contributed by atoms with Gasteiger partial charge in [-0.2, -0.15) is 0 Å². The largest absolute Gasteiger partial charge is 0.207 e. The third-order valence-corrected chi connectivity index (χ3v) is 5.16. The van der Waals surface area contributed by atoms with E-state index in [-0.39, 0.29) is 17.0 Å². The van der Waals surface area contributed by atoms with E-state index in [1.165, 1.54) is 11.8 Å². The molecule has 23 heavy (non-hydrogen) atoms. The minimum Gasteiger partial charge on any atom is -0.207 e. The van der Waals surface area contributed by atoms with Gasteiger partial charge in [-0.1, -0.05) is 32.0 Å². The number of thioether (sulfide) groups is 1. The zero-order valence-corrected chi connectivity index (χ0v) is 15.1. The lowest BCUT2D eigenvalue weighted by Gasteiger charge is -2.26. The number of hydrogen-bond acceptors (Lipinski definition) is 1. The number of rotatable bonds is 6. The van der Waals surface area contributed by atoms with Gasteiger partial charge in [-0.15, -0.1) is 11.8 Å². The van der Waals surface area contributed by atoms with E-state index in [2.05, 4.69) is 13.8 Å². The standard InChI is InChI=1S/C20H24F2S/c1-14-7-8-15(17(21)12-14)6-5-11-20(2,3)16-9-10-19(23-4)18(22)13-16/h7-10,12-13H,5-6,11H2,1-4H3. The molecule has 0 fully saturated rings. The van der Waals surface area contributed by atoms with Crippen molar-refractivity contribution in [2.75, 3.05) is 6.26 Å². The van der Waals surface area contributed by atoms with Crippen LogP contribution in [0, 0.1) is 18.6 Å². The molecule has 3 heteroatoms. The van der Waals surface area contributed by atoms with Crippen LogP contribution in [0.3, 0.4) is 0 Å². The van der Waals surface area contributed by atoms with Gasteiger partial charge in [0.05, 0.1) is 0 Å². The van der Waals surface area contributed by atoms with Gasteiger partial charge in [0.15, 0.2) is 0 Å². The summed E-state index contributed by atoms with van der Waals surface area (Å²) in [6.07, 6.45) is 4.34. The summed E-state index contributed by atoms with van der Waals surface area (Å²) in [6.45, 7) is 6.13. The normalized spacial score (nSPS) is 11.7. The van der Waals surface area contributed by atoms with Crippen LogP contribution in [0.1, 0.15) is 43.4 Å². The van der Waals surface area contributed by atoms with Crippen molar-refractivity contribution in [1.29, 1.82) is 0 Å². The minimum absolute atomic E-state index is 0.126. The van der Waals surface area contributed by atoms with Gasteiger partial charge in [0, 0.05) is 4.90 Å². The molecule has 0 nitrogen and oxygen atoms in total. The first kappa shape index (κ1) is 18.0. The Morgan fingerprint density at radius 1 is 1.00 bits per heavy atom. The topological polar surface area (TPSA) is 0 Å². The van der Waals surface area contributed by atoms with Crippen molar-refractivity contribution in [3.8, 4) is 0 Å². The van der Waals surface area contributed by atoms with Gasteiger partial charge in [0.25, 0.3) is 0 Å². The monoisotopic (exact) mass is 334 g/mol. The Kier molecular flexibility index (Phi) is 5.85. The van der Waals surface area contributed by atoms with E-state index in [1.807, 2.05) is 37.4 Å². The molecule has 0 radical (unpaired) electrons. The molecule has 0 aliphatic carbocycles. The lowest BCUT2D eigenvalue weighted by Crippen LogP contribution is -2.17. The molecule has 0 atom stereocenters. The van der Waals surface area contributed by atoms with Crippen LogP contribution < -0.4 is 0 Å². The first-order chi connectivity index (χ1) is 10.8. The molecule has 0 aromatic heterocycles. The van der Waals surface area contributed by atoms with Gasteiger partial charge in [0.2, 0.25) is 0 Å². The lowest BCUT2D eigenvalue weighted by molar-refractivity contribution is 0.453. The predicted octanol–water partition coefficient (Wildman–Crippen LogP) is 6.30. The first-order valence-electron chi connectivity index (χ1n) is 7.92. The highest BCUT2D eigenvalue weighted by atomic mass is 32.2. The molecule has 2 aromatic rings. The van der Waals surface area contributed by atoms with Crippen molar-refractivity contribution >= 4 is 11.8 Å². The zero-order valence-electron chi connectivity index (χ0n) is 14.2. The molecule has 124 valence electrons. The molecule has 0 N–H and O–H groups in total. The smallest absolute Gasteiger partial charge is 0.137 e. The zero-order chi connectivity index (χ0) is 17.0. The minimum atomic E-state index is -0.160. The summed E-state index contributed by atoms with van der Waals surface area (Å²) < 4.78 is 27.9. The molecule has 0 amide bonds. The van der Waals surface area contributed by atoms with Crippen LogP contribution in [0.4, 0.5) is 8.78 Å². The average molecular weight is 334 g/mol. The van der Waals surface area contributed by atoms with Gasteiger partial charge in [-0.05, 0) is 72.7 Å². The summed E-state index contributed by atoms with van der Waals surface area (Å²) >= 11 is 1.42. The van der Waals surface area contributed by atoms with Crippen molar-refractivity contribution in [2.24, 2.45) is 0 Å². The second-order valence-electron chi connectivity index (χ2n) is 6.68. The van der Waals surface area contributed by atoms with E-state index in [9.17, 15) is 8.78 Å². The van der Waals surface area contributed by atoms with Crippen molar-refractivity contribution in [3.05, 3.63) is 64.7 Å². The quantitative estimate of drug-likeness (QED) is 0.559. The maximum atomic E-state index is 14.0. The summed E-state index contributed by atoms with van der Waals surface area (Å²) in [5.74, 6) is -0.286. The fourth-order valence-corrected chi connectivity index (χ4v) is 3.27. The van der Waals surface area contributed by atoms with Crippen LogP contribution in [-0.2, 0) is 11.8 Å². The van der Waals surface area contributed by atoms with Crippen LogP contribution in [-0.4, -0.2) is 6.26 Å². The Balaban J connectivity index is 2.02. The van der Waals surface area contributed by atoms with Gasteiger partial charge in [-0.3, -0.25) is 0 Å². The van der Waals surface area contributed by atoms with Crippen molar-refractivity contribution in [1.82, 2.24) is 0 Å². The van der Waals surface area contributed by atoms with Gasteiger partial charge < -0.3 is 0 Å². The molecule has 2 rings (SSSR count). The van der Waals surface area contributed by atoms with Gasteiger partial charge in [-0.25, -0.2) is 8.78 Å². The molecule has 0 spiro atoms. The highest BCUT2D eigenvalue weighted by Gasteiger charge is 2.21. The molecular formula is C20H24F2S. The maximum absolute atomic E-state index is 14.0. The first-order valence-corrected chi connectivity index (χ1v) is 9.15. The van der Waals surface area contributed by atoms with Crippen LogP contribution in [0.25, 0.3) is 0 Å². The summed E-state index contributed by atoms with van der Waals surface area (Å²) in [7, 11) is 0. The van der Waals surface area contributed by atoms with Crippen LogP contribution >= 0.6 is 11.8 Å². The van der Waals surface area contributed by atoms with Crippen LogP contribution in [0.2, 0.25) is 0 Å². The maximum Gasteiger partial charge on any atom is 0.137 e. The van der Waals surface area contributed by atoms with E-state index in [0.29, 0.717) is 11.3 Å². The molecule has 0 aliphatic rings. The van der Waals surface area contributed by atoms with E-state index in [0.717, 1.165) is 29.5 Å². The average Bonchev–Trinajstić information content (AvgIpc) is 2.49. The summed E-state index contributed by atoms with van der Waals surface area (Å²) in [4.78, 5) is 0.672. The van der Waals surface area contributed by atoms with E-state index < -0.39 is 0 Å². The lowest BCUT2D eigenvalue weighted by atomic mass is 9.80. The van der Waals surface area contributed by atoms with Crippen molar-refractivity contribution < 1.29 is 8.78 Å². The molecule has 0 aliphatic heterocycles. The summed E-state index contributed by atoms with van der Waals surface area (Å²) in [5.41, 5.74) is 2.57. The molecule has 0 bridgehead atoms. The summed E-state index contributed by atoms with van der Waals surface area (Å²) in [6, 6.07) is 10.9. The number of aryl methyl sites for hydroxylation is 2. The Bertz CT molecular complexity index is 677. The highest BCUT2D eigenvalue weighted by molar-refractivity contribution is 7.98. The Hall–Kier alpha value is -1.35. The Labute approximate surface area is 142 Å². The Morgan fingerprint density at radius 3 is 2.35 bits per heavy atom. The third kappa shape index (κ3) is 4.57. The molecule has 0 saturated carbocycles. The molecule has 0 heterocycles.